The summed E-state index contributed by atoms with van der Waals surface area (Å²) in [6, 6.07) is 4.12. The maximum Gasteiger partial charge on any atom is 0.513 e. The number of nitrogens with one attached hydrogen (secondary N) is 1. The van der Waals surface area contributed by atoms with Crippen molar-refractivity contribution in [3.8, 4) is 11.5 Å². The summed E-state index contributed by atoms with van der Waals surface area (Å²) >= 11 is 0. The van der Waals surface area contributed by atoms with Crippen LogP contribution >= 0.6 is 0 Å². The van der Waals surface area contributed by atoms with Gasteiger partial charge in [0.05, 0.1) is 26.4 Å². The van der Waals surface area contributed by atoms with Gasteiger partial charge >= 0.3 is 12.3 Å². The van der Waals surface area contributed by atoms with E-state index in [0.717, 1.165) is 14.2 Å². The van der Waals surface area contributed by atoms with E-state index < -0.39 is 18.2 Å². The molecule has 1 aromatic carbocycles. The van der Waals surface area contributed by atoms with Gasteiger partial charge in [-0.15, -0.1) is 6.58 Å². The van der Waals surface area contributed by atoms with Crippen molar-refractivity contribution in [3.63, 3.8) is 0 Å². The van der Waals surface area contributed by atoms with Gasteiger partial charge in [0.1, 0.15) is 6.73 Å². The van der Waals surface area contributed by atoms with Crippen LogP contribution in [-0.4, -0.2) is 45.8 Å². The molecule has 130 valence electrons. The number of hydrogen-bond acceptors (Lipinski definition) is 8. The number of carbonyl (C=O) groups is 3. The van der Waals surface area contributed by atoms with Crippen LogP contribution in [0.25, 0.3) is 0 Å². The first-order valence-corrected chi connectivity index (χ1v) is 6.65. The van der Waals surface area contributed by atoms with Gasteiger partial charge in [0.2, 0.25) is 0 Å². The quantitative estimate of drug-likeness (QED) is 0.264. The van der Waals surface area contributed by atoms with Crippen molar-refractivity contribution in [3.05, 3.63) is 36.4 Å². The summed E-state index contributed by atoms with van der Waals surface area (Å²) in [5, 5.41) is 2.45. The fraction of sp³-hybridized carbons (Fsp3) is 0.267. The number of carbonyl (C=O) groups excluding carboxylic acids is 3. The molecule has 0 aliphatic carbocycles. The van der Waals surface area contributed by atoms with Crippen molar-refractivity contribution in [2.75, 3.05) is 27.6 Å². The number of hydrogen-bond donors (Lipinski definition) is 1. The third-order valence-corrected chi connectivity index (χ3v) is 2.51. The van der Waals surface area contributed by atoms with E-state index in [1.807, 2.05) is 0 Å². The molecule has 0 aromatic heterocycles. The fourth-order valence-corrected chi connectivity index (χ4v) is 1.49. The summed E-state index contributed by atoms with van der Waals surface area (Å²) < 4.78 is 23.6. The zero-order valence-corrected chi connectivity index (χ0v) is 13.2. The molecule has 0 aliphatic heterocycles. The molecule has 9 nitrogen and oxygen atoms in total. The number of benzene rings is 1. The summed E-state index contributed by atoms with van der Waals surface area (Å²) in [6.07, 6.45) is -0.618. The minimum absolute atomic E-state index is 0.0657. The molecule has 0 heterocycles. The Bertz CT molecular complexity index is 613. The molecule has 0 saturated heterocycles. The van der Waals surface area contributed by atoms with Gasteiger partial charge in [-0.3, -0.25) is 4.79 Å². The highest BCUT2D eigenvalue weighted by molar-refractivity contribution is 5.98. The average Bonchev–Trinajstić information content (AvgIpc) is 2.59. The van der Waals surface area contributed by atoms with Crippen LogP contribution in [0.15, 0.2) is 30.9 Å². The van der Waals surface area contributed by atoms with Crippen LogP contribution in [0.2, 0.25) is 0 Å². The number of ether oxygens (including phenoxy) is 5. The van der Waals surface area contributed by atoms with Gasteiger partial charge in [0.25, 0.3) is 5.91 Å². The van der Waals surface area contributed by atoms with Gasteiger partial charge in [-0.1, -0.05) is 12.1 Å². The summed E-state index contributed by atoms with van der Waals surface area (Å²) in [5.74, 6) is -1.10. The van der Waals surface area contributed by atoms with Crippen LogP contribution in [-0.2, 0) is 14.2 Å². The molecular weight excluding hydrogens is 322 g/mol. The molecule has 0 fully saturated rings. The van der Waals surface area contributed by atoms with E-state index in [2.05, 4.69) is 21.4 Å². The standard InChI is InChI=1S/C15H17NO8/c1-4-8-22-9-16-13(17)10-6-5-7-11(23-14(18)20-2)12(10)24-15(19)21-3/h4-7H,1,8-9H2,2-3H3,(H,16,17). The molecule has 0 saturated carbocycles. The summed E-state index contributed by atoms with van der Waals surface area (Å²) in [4.78, 5) is 34.8. The number of para-hydroxylation sites is 1. The van der Waals surface area contributed by atoms with E-state index in [4.69, 9.17) is 14.2 Å². The average molecular weight is 339 g/mol. The Hall–Kier alpha value is -3.07. The van der Waals surface area contributed by atoms with Gasteiger partial charge in [0, 0.05) is 0 Å². The Labute approximate surface area is 138 Å². The summed E-state index contributed by atoms with van der Waals surface area (Å²) in [5.41, 5.74) is -0.0657. The minimum Gasteiger partial charge on any atom is -0.437 e. The highest BCUT2D eigenvalue weighted by Crippen LogP contribution is 2.32. The first kappa shape index (κ1) is 19.0. The van der Waals surface area contributed by atoms with Gasteiger partial charge in [-0.2, -0.15) is 0 Å². The second kappa shape index (κ2) is 9.85. The Balaban J connectivity index is 3.05. The van der Waals surface area contributed by atoms with E-state index in [-0.39, 0.29) is 30.4 Å². The van der Waals surface area contributed by atoms with Crippen LogP contribution in [0.3, 0.4) is 0 Å². The Morgan fingerprint density at radius 3 is 2.42 bits per heavy atom. The van der Waals surface area contributed by atoms with Crippen molar-refractivity contribution >= 4 is 18.2 Å². The number of amides is 1. The molecule has 0 radical (unpaired) electrons. The van der Waals surface area contributed by atoms with Crippen LogP contribution in [0, 0.1) is 0 Å². The van der Waals surface area contributed by atoms with Crippen molar-refractivity contribution in [2.45, 2.75) is 0 Å². The predicted molar refractivity (Wildman–Crippen MR) is 81.0 cm³/mol. The minimum atomic E-state index is -1.09. The molecule has 1 rings (SSSR count). The zero-order chi connectivity index (χ0) is 17.9. The van der Waals surface area contributed by atoms with Crippen molar-refractivity contribution in [2.24, 2.45) is 0 Å². The van der Waals surface area contributed by atoms with Gasteiger partial charge in [-0.25, -0.2) is 9.59 Å². The van der Waals surface area contributed by atoms with Gasteiger partial charge < -0.3 is 29.0 Å². The second-order valence-corrected chi connectivity index (χ2v) is 4.05. The Morgan fingerprint density at radius 1 is 1.12 bits per heavy atom. The van der Waals surface area contributed by atoms with Crippen LogP contribution in [0.4, 0.5) is 9.59 Å². The lowest BCUT2D eigenvalue weighted by Crippen LogP contribution is -2.27. The Morgan fingerprint density at radius 2 is 1.79 bits per heavy atom. The molecule has 0 bridgehead atoms. The monoisotopic (exact) mass is 339 g/mol. The van der Waals surface area contributed by atoms with E-state index in [1.165, 1.54) is 24.3 Å². The lowest BCUT2D eigenvalue weighted by atomic mass is 10.1. The largest absolute Gasteiger partial charge is 0.513 e. The SMILES string of the molecule is C=CCOCNC(=O)c1cccc(OC(=O)OC)c1OC(=O)OC. The van der Waals surface area contributed by atoms with E-state index in [1.54, 1.807) is 0 Å². The maximum absolute atomic E-state index is 12.2. The highest BCUT2D eigenvalue weighted by Gasteiger charge is 2.22. The summed E-state index contributed by atoms with van der Waals surface area (Å²) in [7, 11) is 2.20. The lowest BCUT2D eigenvalue weighted by Gasteiger charge is -2.13. The molecule has 9 heteroatoms. The van der Waals surface area contributed by atoms with Crippen LogP contribution in [0.5, 0.6) is 11.5 Å². The molecule has 1 N–H and O–H groups in total. The molecule has 0 unspecified atom stereocenters. The molecule has 24 heavy (non-hydrogen) atoms. The van der Waals surface area contributed by atoms with Gasteiger partial charge in [0.15, 0.2) is 11.5 Å². The van der Waals surface area contributed by atoms with Crippen molar-refractivity contribution < 1.29 is 38.1 Å². The Kier molecular flexibility index (Phi) is 7.79. The van der Waals surface area contributed by atoms with Gasteiger partial charge in [-0.05, 0) is 12.1 Å². The highest BCUT2D eigenvalue weighted by atomic mass is 16.7. The van der Waals surface area contributed by atoms with E-state index >= 15 is 0 Å². The van der Waals surface area contributed by atoms with E-state index in [9.17, 15) is 14.4 Å². The fourth-order valence-electron chi connectivity index (χ4n) is 1.49. The maximum atomic E-state index is 12.2. The van der Waals surface area contributed by atoms with E-state index in [0.29, 0.717) is 0 Å². The zero-order valence-electron chi connectivity index (χ0n) is 13.2. The van der Waals surface area contributed by atoms with Crippen molar-refractivity contribution in [1.29, 1.82) is 0 Å². The molecular formula is C15H17NO8. The topological polar surface area (TPSA) is 109 Å². The second-order valence-electron chi connectivity index (χ2n) is 4.05. The third kappa shape index (κ3) is 5.61. The first-order valence-electron chi connectivity index (χ1n) is 6.65. The molecule has 1 aromatic rings. The molecule has 0 atom stereocenters. The predicted octanol–water partition coefficient (Wildman–Crippen LogP) is 1.87. The first-order chi connectivity index (χ1) is 11.5. The molecule has 0 aliphatic rings. The number of rotatable bonds is 7. The number of methoxy groups -OCH3 is 2. The lowest BCUT2D eigenvalue weighted by molar-refractivity contribution is 0.0829. The summed E-state index contributed by atoms with van der Waals surface area (Å²) in [6.45, 7) is 3.62. The van der Waals surface area contributed by atoms with Crippen LogP contribution < -0.4 is 14.8 Å². The molecule has 1 amide bonds. The molecule has 0 spiro atoms. The third-order valence-electron chi connectivity index (χ3n) is 2.51. The smallest absolute Gasteiger partial charge is 0.437 e. The van der Waals surface area contributed by atoms with Crippen LogP contribution in [0.1, 0.15) is 10.4 Å². The van der Waals surface area contributed by atoms with Crippen molar-refractivity contribution in [1.82, 2.24) is 5.32 Å². The normalized spacial score (nSPS) is 9.58.